The van der Waals surface area contributed by atoms with E-state index in [9.17, 15) is 14.7 Å². The van der Waals surface area contributed by atoms with E-state index in [1.807, 2.05) is 30.5 Å². The number of carboxylic acid groups (broad SMARTS) is 1. The molecule has 0 saturated carbocycles. The number of aryl methyl sites for hydroxylation is 1. The van der Waals surface area contributed by atoms with Gasteiger partial charge in [-0.15, -0.1) is 0 Å². The molecule has 0 fully saturated rings. The number of benzene rings is 1. The minimum Gasteiger partial charge on any atom is -0.481 e. The number of carboxylic acids is 1. The lowest BCUT2D eigenvalue weighted by Gasteiger charge is -2.24. The Morgan fingerprint density at radius 3 is 2.59 bits per heavy atom. The van der Waals surface area contributed by atoms with Gasteiger partial charge in [0.1, 0.15) is 5.40 Å². The minimum absolute atomic E-state index is 0.277. The second kappa shape index (κ2) is 7.14. The molecule has 5 nitrogen and oxygen atoms in total. The SMILES string of the molecule is Cc1cc(SC#N)ccc1NC(=O)[C@H]1CC=CC[C@H]1C(=O)O. The Morgan fingerprint density at radius 1 is 1.32 bits per heavy atom. The highest BCUT2D eigenvalue weighted by atomic mass is 32.2. The summed E-state index contributed by atoms with van der Waals surface area (Å²) in [6.07, 6.45) is 4.47. The van der Waals surface area contributed by atoms with Crippen LogP contribution in [0.3, 0.4) is 0 Å². The highest BCUT2D eigenvalue weighted by Crippen LogP contribution is 2.29. The second-order valence-electron chi connectivity index (χ2n) is 5.15. The number of rotatable bonds is 4. The smallest absolute Gasteiger partial charge is 0.307 e. The number of thioether (sulfide) groups is 1. The second-order valence-corrected chi connectivity index (χ2v) is 6.01. The number of amides is 1. The summed E-state index contributed by atoms with van der Waals surface area (Å²) in [6.45, 7) is 1.84. The molecule has 1 aromatic rings. The fourth-order valence-corrected chi connectivity index (χ4v) is 2.97. The van der Waals surface area contributed by atoms with E-state index in [0.29, 0.717) is 18.5 Å². The van der Waals surface area contributed by atoms with Crippen molar-refractivity contribution in [1.29, 1.82) is 5.26 Å². The molecule has 1 aromatic carbocycles. The number of carbonyl (C=O) groups is 2. The van der Waals surface area contributed by atoms with Crippen LogP contribution in [0.5, 0.6) is 0 Å². The number of nitriles is 1. The molecule has 6 heteroatoms. The van der Waals surface area contributed by atoms with E-state index < -0.39 is 17.8 Å². The fraction of sp³-hybridized carbons (Fsp3) is 0.312. The molecule has 1 aliphatic carbocycles. The maximum absolute atomic E-state index is 12.4. The molecule has 1 amide bonds. The molecule has 0 saturated heterocycles. The van der Waals surface area contributed by atoms with Gasteiger partial charge >= 0.3 is 5.97 Å². The zero-order valence-electron chi connectivity index (χ0n) is 12.1. The minimum atomic E-state index is -0.943. The Balaban J connectivity index is 2.13. The molecule has 114 valence electrons. The van der Waals surface area contributed by atoms with Gasteiger partial charge in [0.15, 0.2) is 0 Å². The van der Waals surface area contributed by atoms with E-state index >= 15 is 0 Å². The fourth-order valence-electron chi connectivity index (χ4n) is 2.49. The molecule has 0 aromatic heterocycles. The van der Waals surface area contributed by atoms with Crippen LogP contribution >= 0.6 is 11.8 Å². The molecular formula is C16H16N2O3S. The standard InChI is InChI=1S/C16H16N2O3S/c1-10-8-11(22-9-17)6-7-14(10)18-15(19)12-4-2-3-5-13(12)16(20)21/h2-3,6-8,12-13H,4-5H2,1H3,(H,18,19)(H,20,21)/t12-,13+/m0/s1. The van der Waals surface area contributed by atoms with Gasteiger partial charge in [-0.25, -0.2) is 0 Å². The van der Waals surface area contributed by atoms with E-state index in [1.165, 1.54) is 0 Å². The summed E-state index contributed by atoms with van der Waals surface area (Å²) >= 11 is 1.06. The van der Waals surface area contributed by atoms with Gasteiger partial charge < -0.3 is 10.4 Å². The summed E-state index contributed by atoms with van der Waals surface area (Å²) in [6, 6.07) is 5.31. The Hall–Kier alpha value is -2.26. The highest BCUT2D eigenvalue weighted by molar-refractivity contribution is 8.03. The van der Waals surface area contributed by atoms with Crippen LogP contribution in [0.1, 0.15) is 18.4 Å². The van der Waals surface area contributed by atoms with E-state index in [4.69, 9.17) is 5.26 Å². The van der Waals surface area contributed by atoms with E-state index in [-0.39, 0.29) is 5.91 Å². The van der Waals surface area contributed by atoms with Crippen molar-refractivity contribution in [3.63, 3.8) is 0 Å². The third-order valence-corrected chi connectivity index (χ3v) is 4.29. The van der Waals surface area contributed by atoms with E-state index in [0.717, 1.165) is 22.2 Å². The molecule has 0 bridgehead atoms. The summed E-state index contributed by atoms with van der Waals surface area (Å²) in [4.78, 5) is 24.4. The lowest BCUT2D eigenvalue weighted by atomic mass is 9.82. The average Bonchev–Trinajstić information content (AvgIpc) is 2.50. The summed E-state index contributed by atoms with van der Waals surface area (Å²) in [5.41, 5.74) is 1.48. The first-order chi connectivity index (χ1) is 10.5. The van der Waals surface area contributed by atoms with Crippen LogP contribution in [-0.2, 0) is 9.59 Å². The lowest BCUT2D eigenvalue weighted by Crippen LogP contribution is -2.34. The summed E-state index contributed by atoms with van der Waals surface area (Å²) < 4.78 is 0. The number of allylic oxidation sites excluding steroid dienone is 2. The van der Waals surface area contributed by atoms with Gasteiger partial charge in [-0.1, -0.05) is 12.2 Å². The average molecular weight is 316 g/mol. The first-order valence-corrected chi connectivity index (χ1v) is 7.70. The molecule has 0 unspecified atom stereocenters. The van der Waals surface area contributed by atoms with Crippen molar-refractivity contribution < 1.29 is 14.7 Å². The molecule has 0 radical (unpaired) electrons. The van der Waals surface area contributed by atoms with Crippen LogP contribution in [0.25, 0.3) is 0 Å². The first-order valence-electron chi connectivity index (χ1n) is 6.88. The van der Waals surface area contributed by atoms with Gasteiger partial charge in [0.2, 0.25) is 5.91 Å². The van der Waals surface area contributed by atoms with Gasteiger partial charge in [0, 0.05) is 10.6 Å². The zero-order chi connectivity index (χ0) is 16.1. The number of hydrogen-bond acceptors (Lipinski definition) is 4. The normalized spacial score (nSPS) is 20.2. The number of carbonyl (C=O) groups excluding carboxylic acids is 1. The van der Waals surface area contributed by atoms with Crippen molar-refractivity contribution in [3.8, 4) is 5.40 Å². The van der Waals surface area contributed by atoms with Crippen molar-refractivity contribution in [1.82, 2.24) is 0 Å². The van der Waals surface area contributed by atoms with E-state index in [1.54, 1.807) is 12.1 Å². The molecule has 2 rings (SSSR count). The zero-order valence-corrected chi connectivity index (χ0v) is 12.9. The van der Waals surface area contributed by atoms with Crippen LogP contribution in [0.4, 0.5) is 5.69 Å². The van der Waals surface area contributed by atoms with Gasteiger partial charge in [-0.3, -0.25) is 9.59 Å². The van der Waals surface area contributed by atoms with Crippen LogP contribution in [0, 0.1) is 29.4 Å². The monoisotopic (exact) mass is 316 g/mol. The predicted octanol–water partition coefficient (Wildman–Crippen LogP) is 3.17. The van der Waals surface area contributed by atoms with Crippen molar-refractivity contribution in [2.45, 2.75) is 24.7 Å². The van der Waals surface area contributed by atoms with Crippen LogP contribution in [-0.4, -0.2) is 17.0 Å². The summed E-state index contributed by atoms with van der Waals surface area (Å²) in [5, 5.41) is 22.7. The van der Waals surface area contributed by atoms with Crippen molar-refractivity contribution in [2.24, 2.45) is 11.8 Å². The van der Waals surface area contributed by atoms with Crippen LogP contribution < -0.4 is 5.32 Å². The third-order valence-electron chi connectivity index (χ3n) is 3.71. The maximum Gasteiger partial charge on any atom is 0.307 e. The number of nitrogens with zero attached hydrogens (tertiary/aromatic N) is 1. The Kier molecular flexibility index (Phi) is 5.23. The highest BCUT2D eigenvalue weighted by Gasteiger charge is 2.34. The molecule has 0 heterocycles. The van der Waals surface area contributed by atoms with Crippen molar-refractivity contribution in [3.05, 3.63) is 35.9 Å². The summed E-state index contributed by atoms with van der Waals surface area (Å²) in [7, 11) is 0. The van der Waals surface area contributed by atoms with Crippen LogP contribution in [0.2, 0.25) is 0 Å². The number of hydrogen-bond donors (Lipinski definition) is 2. The van der Waals surface area contributed by atoms with E-state index in [2.05, 4.69) is 5.32 Å². The van der Waals surface area contributed by atoms with Gasteiger partial charge in [0.25, 0.3) is 0 Å². The quantitative estimate of drug-likeness (QED) is 0.506. The Bertz CT molecular complexity index is 664. The van der Waals surface area contributed by atoms with Crippen molar-refractivity contribution >= 4 is 29.3 Å². The number of aliphatic carboxylic acids is 1. The molecular weight excluding hydrogens is 300 g/mol. The molecule has 0 aliphatic heterocycles. The lowest BCUT2D eigenvalue weighted by molar-refractivity contribution is -0.146. The van der Waals surface area contributed by atoms with Crippen LogP contribution in [0.15, 0.2) is 35.2 Å². The third kappa shape index (κ3) is 3.68. The van der Waals surface area contributed by atoms with Gasteiger partial charge in [0.05, 0.1) is 11.8 Å². The largest absolute Gasteiger partial charge is 0.481 e. The number of nitrogens with one attached hydrogen (secondary N) is 1. The molecule has 2 atom stereocenters. The molecule has 2 N–H and O–H groups in total. The number of thiocyanates is 1. The predicted molar refractivity (Wildman–Crippen MR) is 84.3 cm³/mol. The topological polar surface area (TPSA) is 90.2 Å². The molecule has 0 spiro atoms. The molecule has 1 aliphatic rings. The summed E-state index contributed by atoms with van der Waals surface area (Å²) in [5.74, 6) is -2.46. The first kappa shape index (κ1) is 16.1. The Morgan fingerprint density at radius 2 is 2.00 bits per heavy atom. The Labute approximate surface area is 133 Å². The van der Waals surface area contributed by atoms with Gasteiger partial charge in [-0.05, 0) is 55.3 Å². The van der Waals surface area contributed by atoms with Crippen molar-refractivity contribution in [2.75, 3.05) is 5.32 Å². The molecule has 22 heavy (non-hydrogen) atoms. The maximum atomic E-state index is 12.4. The van der Waals surface area contributed by atoms with Gasteiger partial charge in [-0.2, -0.15) is 5.26 Å². The number of anilines is 1.